The van der Waals surface area contributed by atoms with E-state index in [-0.39, 0.29) is 5.02 Å². The van der Waals surface area contributed by atoms with Crippen LogP contribution in [0.1, 0.15) is 17.8 Å². The topological polar surface area (TPSA) is 47.0 Å². The average molecular weight is 300 g/mol. The van der Waals surface area contributed by atoms with E-state index < -0.39 is 5.82 Å². The standard InChI is InChI=1S/C12H11ClFN3OS/c13-9-5-7(14)1-4-10(9)18-12-17-16-11(19-12)6-15-8-2-3-8/h1,4-5,8,15H,2-3,6H2. The number of hydrogen-bond donors (Lipinski definition) is 1. The molecule has 0 bridgehead atoms. The quantitative estimate of drug-likeness (QED) is 0.919. The predicted molar refractivity (Wildman–Crippen MR) is 71.3 cm³/mol. The van der Waals surface area contributed by atoms with Crippen molar-refractivity contribution < 1.29 is 9.13 Å². The van der Waals surface area contributed by atoms with Crippen LogP contribution >= 0.6 is 22.9 Å². The monoisotopic (exact) mass is 299 g/mol. The number of hydrogen-bond acceptors (Lipinski definition) is 5. The predicted octanol–water partition coefficient (Wildman–Crippen LogP) is 3.37. The van der Waals surface area contributed by atoms with Crippen molar-refractivity contribution in [1.82, 2.24) is 15.5 Å². The first-order valence-corrected chi connectivity index (χ1v) is 7.09. The average Bonchev–Trinajstić information content (AvgIpc) is 3.10. The van der Waals surface area contributed by atoms with Gasteiger partial charge in [-0.15, -0.1) is 5.10 Å². The van der Waals surface area contributed by atoms with Gasteiger partial charge in [0.25, 0.3) is 5.19 Å². The zero-order valence-electron chi connectivity index (χ0n) is 9.90. The maximum Gasteiger partial charge on any atom is 0.299 e. The van der Waals surface area contributed by atoms with E-state index in [0.29, 0.717) is 23.5 Å². The fourth-order valence-corrected chi connectivity index (χ4v) is 2.38. The number of rotatable bonds is 5. The second kappa shape index (κ2) is 5.40. The SMILES string of the molecule is Fc1ccc(Oc2nnc(CNC3CC3)s2)c(Cl)c1. The number of nitrogens with one attached hydrogen (secondary N) is 1. The second-order valence-corrected chi connectivity index (χ2v) is 5.73. The summed E-state index contributed by atoms with van der Waals surface area (Å²) in [7, 11) is 0. The molecule has 7 heteroatoms. The summed E-state index contributed by atoms with van der Waals surface area (Å²) in [5, 5.41) is 12.8. The summed E-state index contributed by atoms with van der Waals surface area (Å²) in [5.74, 6) is -0.0233. The Morgan fingerprint density at radius 1 is 1.42 bits per heavy atom. The molecule has 0 spiro atoms. The van der Waals surface area contributed by atoms with Gasteiger partial charge in [0, 0.05) is 6.04 Å². The van der Waals surface area contributed by atoms with Crippen LogP contribution in [-0.4, -0.2) is 16.2 Å². The molecule has 1 aliphatic rings. The van der Waals surface area contributed by atoms with E-state index in [9.17, 15) is 4.39 Å². The summed E-state index contributed by atoms with van der Waals surface area (Å²) >= 11 is 7.23. The molecule has 0 aliphatic heterocycles. The third kappa shape index (κ3) is 3.40. The number of ether oxygens (including phenoxy) is 1. The van der Waals surface area contributed by atoms with Crippen LogP contribution in [0.2, 0.25) is 5.02 Å². The first-order chi connectivity index (χ1) is 9.20. The zero-order chi connectivity index (χ0) is 13.2. The Hall–Kier alpha value is -1.24. The minimum absolute atomic E-state index is 0.216. The minimum Gasteiger partial charge on any atom is -0.428 e. The Balaban J connectivity index is 1.65. The van der Waals surface area contributed by atoms with Crippen LogP contribution in [-0.2, 0) is 6.54 Å². The van der Waals surface area contributed by atoms with Crippen molar-refractivity contribution in [3.05, 3.63) is 34.0 Å². The van der Waals surface area contributed by atoms with Gasteiger partial charge in [0.05, 0.1) is 11.6 Å². The van der Waals surface area contributed by atoms with Gasteiger partial charge in [0.1, 0.15) is 16.6 Å². The van der Waals surface area contributed by atoms with Gasteiger partial charge in [-0.1, -0.05) is 28.0 Å². The summed E-state index contributed by atoms with van der Waals surface area (Å²) < 4.78 is 18.4. The molecular weight excluding hydrogens is 289 g/mol. The van der Waals surface area contributed by atoms with Crippen molar-refractivity contribution in [1.29, 1.82) is 0 Å². The number of benzene rings is 1. The van der Waals surface area contributed by atoms with E-state index in [1.807, 2.05) is 0 Å². The molecule has 0 radical (unpaired) electrons. The van der Waals surface area contributed by atoms with Gasteiger partial charge in [-0.05, 0) is 31.0 Å². The van der Waals surface area contributed by atoms with Crippen molar-refractivity contribution in [3.8, 4) is 10.9 Å². The van der Waals surface area contributed by atoms with Gasteiger partial charge >= 0.3 is 0 Å². The molecule has 0 unspecified atom stereocenters. The van der Waals surface area contributed by atoms with Gasteiger partial charge in [-0.25, -0.2) is 4.39 Å². The lowest BCUT2D eigenvalue weighted by Gasteiger charge is -2.02. The number of halogens is 2. The van der Waals surface area contributed by atoms with Gasteiger partial charge in [-0.3, -0.25) is 0 Å². The first kappa shape index (κ1) is 12.8. The Labute approximate surface area is 118 Å². The highest BCUT2D eigenvalue weighted by molar-refractivity contribution is 7.13. The van der Waals surface area contributed by atoms with Crippen LogP contribution in [0, 0.1) is 5.82 Å². The van der Waals surface area contributed by atoms with Crippen LogP contribution in [0.5, 0.6) is 10.9 Å². The van der Waals surface area contributed by atoms with Crippen LogP contribution < -0.4 is 10.1 Å². The summed E-state index contributed by atoms with van der Waals surface area (Å²) in [6.45, 7) is 0.697. The van der Waals surface area contributed by atoms with Crippen molar-refractivity contribution >= 4 is 22.9 Å². The molecule has 2 aromatic rings. The Bertz CT molecular complexity index is 588. The van der Waals surface area contributed by atoms with Crippen molar-refractivity contribution in [2.45, 2.75) is 25.4 Å². The molecule has 0 saturated heterocycles. The van der Waals surface area contributed by atoms with Crippen LogP contribution in [0.4, 0.5) is 4.39 Å². The molecule has 1 saturated carbocycles. The lowest BCUT2D eigenvalue weighted by Crippen LogP contribution is -2.14. The molecule has 19 heavy (non-hydrogen) atoms. The zero-order valence-corrected chi connectivity index (χ0v) is 11.5. The molecule has 0 atom stereocenters. The van der Waals surface area contributed by atoms with Gasteiger partial charge in [0.2, 0.25) is 0 Å². The Kier molecular flexibility index (Phi) is 3.63. The highest BCUT2D eigenvalue weighted by Gasteiger charge is 2.20. The molecule has 1 heterocycles. The second-order valence-electron chi connectivity index (χ2n) is 4.29. The largest absolute Gasteiger partial charge is 0.428 e. The van der Waals surface area contributed by atoms with Crippen molar-refractivity contribution in [3.63, 3.8) is 0 Å². The lowest BCUT2D eigenvalue weighted by atomic mass is 10.3. The smallest absolute Gasteiger partial charge is 0.299 e. The summed E-state index contributed by atoms with van der Waals surface area (Å²) in [5.41, 5.74) is 0. The van der Waals surface area contributed by atoms with Crippen molar-refractivity contribution in [2.75, 3.05) is 0 Å². The highest BCUT2D eigenvalue weighted by Crippen LogP contribution is 2.31. The summed E-state index contributed by atoms with van der Waals surface area (Å²) in [6.07, 6.45) is 2.46. The molecule has 0 amide bonds. The molecule has 1 aromatic heterocycles. The van der Waals surface area contributed by atoms with Crippen LogP contribution in [0.15, 0.2) is 18.2 Å². The molecule has 3 rings (SSSR count). The van der Waals surface area contributed by atoms with Gasteiger partial charge in [-0.2, -0.15) is 0 Å². The van der Waals surface area contributed by atoms with E-state index in [2.05, 4.69) is 15.5 Å². The van der Waals surface area contributed by atoms with Crippen LogP contribution in [0.25, 0.3) is 0 Å². The Morgan fingerprint density at radius 2 is 2.26 bits per heavy atom. The third-order valence-corrected chi connectivity index (χ3v) is 3.76. The van der Waals surface area contributed by atoms with E-state index in [4.69, 9.17) is 16.3 Å². The first-order valence-electron chi connectivity index (χ1n) is 5.89. The maximum absolute atomic E-state index is 12.9. The highest BCUT2D eigenvalue weighted by atomic mass is 35.5. The van der Waals surface area contributed by atoms with E-state index in [0.717, 1.165) is 5.01 Å². The van der Waals surface area contributed by atoms with E-state index in [1.54, 1.807) is 0 Å². The lowest BCUT2D eigenvalue weighted by molar-refractivity contribution is 0.471. The van der Waals surface area contributed by atoms with Crippen molar-refractivity contribution in [2.24, 2.45) is 0 Å². The van der Waals surface area contributed by atoms with Gasteiger partial charge in [0.15, 0.2) is 0 Å². The molecule has 100 valence electrons. The molecule has 1 aromatic carbocycles. The normalized spacial score (nSPS) is 14.6. The molecule has 1 fully saturated rings. The maximum atomic E-state index is 12.9. The van der Waals surface area contributed by atoms with Crippen LogP contribution in [0.3, 0.4) is 0 Å². The minimum atomic E-state index is -0.399. The molecular formula is C12H11ClFN3OS. The summed E-state index contributed by atoms with van der Waals surface area (Å²) in [4.78, 5) is 0. The number of aromatic nitrogens is 2. The fourth-order valence-electron chi connectivity index (χ4n) is 1.52. The number of nitrogens with zero attached hydrogens (tertiary/aromatic N) is 2. The molecule has 1 aliphatic carbocycles. The fraction of sp³-hybridized carbons (Fsp3) is 0.333. The Morgan fingerprint density at radius 3 is 3.00 bits per heavy atom. The molecule has 1 N–H and O–H groups in total. The summed E-state index contributed by atoms with van der Waals surface area (Å²) in [6, 6.07) is 4.59. The molecule has 4 nitrogen and oxygen atoms in total. The third-order valence-electron chi connectivity index (χ3n) is 2.66. The van der Waals surface area contributed by atoms with Gasteiger partial charge < -0.3 is 10.1 Å². The van der Waals surface area contributed by atoms with E-state index >= 15 is 0 Å². The van der Waals surface area contributed by atoms with E-state index in [1.165, 1.54) is 42.4 Å².